The number of ether oxygens (including phenoxy) is 1. The Kier molecular flexibility index (Phi) is 7.75. The van der Waals surface area contributed by atoms with Gasteiger partial charge in [-0.2, -0.15) is 0 Å². The smallest absolute Gasteiger partial charge is 0.305 e. The number of unbranched alkanes of at least 4 members (excludes halogenated alkanes) is 1. The van der Waals surface area contributed by atoms with Crippen LogP contribution in [0.25, 0.3) is 10.9 Å². The summed E-state index contributed by atoms with van der Waals surface area (Å²) in [5.41, 5.74) is 7.07. The van der Waals surface area contributed by atoms with E-state index in [1.54, 1.807) is 0 Å². The summed E-state index contributed by atoms with van der Waals surface area (Å²) in [4.78, 5) is 19.0. The highest BCUT2D eigenvalue weighted by molar-refractivity contribution is 5.83. The Morgan fingerprint density at radius 2 is 1.79 bits per heavy atom. The van der Waals surface area contributed by atoms with Crippen LogP contribution in [0.5, 0.6) is 0 Å². The molecule has 0 fully saturated rings. The number of aryl methyl sites for hydroxylation is 3. The van der Waals surface area contributed by atoms with E-state index in [4.69, 9.17) is 0 Å². The van der Waals surface area contributed by atoms with Gasteiger partial charge in [0.15, 0.2) is 0 Å². The van der Waals surface area contributed by atoms with Gasteiger partial charge in [0.2, 0.25) is 0 Å². The number of anilines is 2. The SMILES string of the molecule is COC(=O)CCCCc1cc(Nc2ccc(CCCc3c[nH]c4ccccc34)cc2)ccn1. The first-order valence-corrected chi connectivity index (χ1v) is 11.6. The summed E-state index contributed by atoms with van der Waals surface area (Å²) in [5, 5.41) is 4.80. The van der Waals surface area contributed by atoms with Crippen LogP contribution in [0, 0.1) is 0 Å². The lowest BCUT2D eigenvalue weighted by molar-refractivity contribution is -0.140. The van der Waals surface area contributed by atoms with Crippen LogP contribution in [0.1, 0.15) is 42.5 Å². The fourth-order valence-electron chi connectivity index (χ4n) is 4.11. The highest BCUT2D eigenvalue weighted by atomic mass is 16.5. The molecule has 2 heterocycles. The molecule has 0 unspecified atom stereocenters. The molecule has 2 N–H and O–H groups in total. The Labute approximate surface area is 195 Å². The number of para-hydroxylation sites is 1. The van der Waals surface area contributed by atoms with Crippen molar-refractivity contribution in [1.29, 1.82) is 0 Å². The maximum atomic E-state index is 11.2. The second-order valence-corrected chi connectivity index (χ2v) is 8.35. The number of aromatic amines is 1. The molecule has 5 heteroatoms. The Balaban J connectivity index is 1.25. The summed E-state index contributed by atoms with van der Waals surface area (Å²) in [6.45, 7) is 0. The van der Waals surface area contributed by atoms with Gasteiger partial charge in [-0.25, -0.2) is 0 Å². The Hall–Kier alpha value is -3.60. The number of nitrogens with zero attached hydrogens (tertiary/aromatic N) is 1. The number of carbonyl (C=O) groups is 1. The van der Waals surface area contributed by atoms with E-state index in [1.165, 1.54) is 29.1 Å². The molecule has 0 radical (unpaired) electrons. The molecular weight excluding hydrogens is 410 g/mol. The van der Waals surface area contributed by atoms with E-state index < -0.39 is 0 Å². The predicted molar refractivity (Wildman–Crippen MR) is 134 cm³/mol. The zero-order valence-corrected chi connectivity index (χ0v) is 19.1. The standard InChI is InChI=1S/C28H31N3O2/c1-33-28(32)12-5-2-9-24-19-25(17-18-29-24)31-23-15-13-21(14-16-23)7-6-8-22-20-30-27-11-4-3-10-26(22)27/h3-4,10-11,13-20,30H,2,5-9,12H2,1H3,(H,29,31). The third kappa shape index (κ3) is 6.45. The highest BCUT2D eigenvalue weighted by Crippen LogP contribution is 2.21. The first kappa shape index (κ1) is 22.6. The largest absolute Gasteiger partial charge is 0.469 e. The van der Waals surface area contributed by atoms with E-state index in [-0.39, 0.29) is 5.97 Å². The van der Waals surface area contributed by atoms with E-state index in [0.29, 0.717) is 6.42 Å². The molecule has 0 bridgehead atoms. The van der Waals surface area contributed by atoms with Crippen LogP contribution in [-0.2, 0) is 28.8 Å². The maximum Gasteiger partial charge on any atom is 0.305 e. The van der Waals surface area contributed by atoms with Crippen molar-refractivity contribution in [2.75, 3.05) is 12.4 Å². The van der Waals surface area contributed by atoms with Gasteiger partial charge in [0.1, 0.15) is 0 Å². The Bertz CT molecular complexity index is 1180. The number of benzene rings is 2. The van der Waals surface area contributed by atoms with E-state index in [9.17, 15) is 4.79 Å². The average molecular weight is 442 g/mol. The van der Waals surface area contributed by atoms with Gasteiger partial charge in [0.25, 0.3) is 0 Å². The van der Waals surface area contributed by atoms with Crippen LogP contribution in [0.4, 0.5) is 11.4 Å². The third-order valence-corrected chi connectivity index (χ3v) is 5.94. The monoisotopic (exact) mass is 441 g/mol. The molecule has 33 heavy (non-hydrogen) atoms. The Morgan fingerprint density at radius 3 is 2.64 bits per heavy atom. The zero-order chi connectivity index (χ0) is 22.9. The fraction of sp³-hybridized carbons (Fsp3) is 0.286. The van der Waals surface area contributed by atoms with Crippen molar-refractivity contribution in [2.24, 2.45) is 0 Å². The van der Waals surface area contributed by atoms with Gasteiger partial charge in [0.05, 0.1) is 7.11 Å². The molecule has 170 valence electrons. The molecule has 0 aliphatic heterocycles. The van der Waals surface area contributed by atoms with Crippen molar-refractivity contribution < 1.29 is 9.53 Å². The molecule has 0 spiro atoms. The number of hydrogen-bond acceptors (Lipinski definition) is 4. The number of rotatable bonds is 11. The number of nitrogens with one attached hydrogen (secondary N) is 2. The number of esters is 1. The van der Waals surface area contributed by atoms with Gasteiger partial charge in [-0.05, 0) is 80.0 Å². The van der Waals surface area contributed by atoms with Crippen LogP contribution < -0.4 is 5.32 Å². The fourth-order valence-corrected chi connectivity index (χ4v) is 4.11. The number of H-pyrrole nitrogens is 1. The summed E-state index contributed by atoms with van der Waals surface area (Å²) in [6.07, 6.45) is 10.3. The molecule has 2 aromatic heterocycles. The Morgan fingerprint density at radius 1 is 0.939 bits per heavy atom. The van der Waals surface area contributed by atoms with Crippen molar-refractivity contribution in [3.8, 4) is 0 Å². The van der Waals surface area contributed by atoms with Gasteiger partial charge >= 0.3 is 5.97 Å². The molecule has 0 atom stereocenters. The molecule has 0 aliphatic rings. The minimum atomic E-state index is -0.153. The maximum absolute atomic E-state index is 11.2. The number of carbonyl (C=O) groups excluding carboxylic acids is 1. The summed E-state index contributed by atoms with van der Waals surface area (Å²) in [7, 11) is 1.43. The quantitative estimate of drug-likeness (QED) is 0.210. The van der Waals surface area contributed by atoms with Crippen LogP contribution in [0.2, 0.25) is 0 Å². The molecule has 0 saturated heterocycles. The second-order valence-electron chi connectivity index (χ2n) is 8.35. The second kappa shape index (κ2) is 11.3. The van der Waals surface area contributed by atoms with E-state index in [0.717, 1.165) is 55.6 Å². The van der Waals surface area contributed by atoms with Crippen LogP contribution in [0.3, 0.4) is 0 Å². The molecule has 2 aromatic carbocycles. The predicted octanol–water partition coefficient (Wildman–Crippen LogP) is 6.37. The lowest BCUT2D eigenvalue weighted by atomic mass is 10.0. The minimum Gasteiger partial charge on any atom is -0.469 e. The number of fused-ring (bicyclic) bond motifs is 1. The summed E-state index contributed by atoms with van der Waals surface area (Å²) < 4.78 is 4.68. The van der Waals surface area contributed by atoms with Crippen LogP contribution >= 0.6 is 0 Å². The van der Waals surface area contributed by atoms with Crippen LogP contribution in [-0.4, -0.2) is 23.0 Å². The lowest BCUT2D eigenvalue weighted by Gasteiger charge is -2.09. The summed E-state index contributed by atoms with van der Waals surface area (Å²) >= 11 is 0. The van der Waals surface area contributed by atoms with Gasteiger partial charge < -0.3 is 15.0 Å². The first-order chi connectivity index (χ1) is 16.2. The van der Waals surface area contributed by atoms with Crippen LogP contribution in [0.15, 0.2) is 73.1 Å². The topological polar surface area (TPSA) is 67.0 Å². The highest BCUT2D eigenvalue weighted by Gasteiger charge is 2.04. The molecule has 0 aliphatic carbocycles. The average Bonchev–Trinajstić information content (AvgIpc) is 3.26. The van der Waals surface area contributed by atoms with Gasteiger partial charge in [-0.3, -0.25) is 9.78 Å². The number of aromatic nitrogens is 2. The summed E-state index contributed by atoms with van der Waals surface area (Å²) in [6, 6.07) is 21.2. The molecule has 0 amide bonds. The van der Waals surface area contributed by atoms with Gasteiger partial charge in [-0.15, -0.1) is 0 Å². The minimum absolute atomic E-state index is 0.153. The lowest BCUT2D eigenvalue weighted by Crippen LogP contribution is -2.00. The van der Waals surface area contributed by atoms with E-state index in [2.05, 4.69) is 80.8 Å². The van der Waals surface area contributed by atoms with Crippen molar-refractivity contribution >= 4 is 28.2 Å². The molecule has 0 saturated carbocycles. The molecule has 4 rings (SSSR count). The molecule has 5 nitrogen and oxygen atoms in total. The summed E-state index contributed by atoms with van der Waals surface area (Å²) in [5.74, 6) is -0.153. The van der Waals surface area contributed by atoms with Crippen molar-refractivity contribution in [3.05, 3.63) is 89.9 Å². The third-order valence-electron chi connectivity index (χ3n) is 5.94. The van der Waals surface area contributed by atoms with Gasteiger partial charge in [-0.1, -0.05) is 30.3 Å². The number of methoxy groups -OCH3 is 1. The van der Waals surface area contributed by atoms with Crippen molar-refractivity contribution in [1.82, 2.24) is 9.97 Å². The van der Waals surface area contributed by atoms with E-state index in [1.807, 2.05) is 12.3 Å². The number of hydrogen-bond donors (Lipinski definition) is 2. The first-order valence-electron chi connectivity index (χ1n) is 11.6. The van der Waals surface area contributed by atoms with Crippen molar-refractivity contribution in [3.63, 3.8) is 0 Å². The van der Waals surface area contributed by atoms with E-state index >= 15 is 0 Å². The molecular formula is C28H31N3O2. The number of pyridine rings is 1. The van der Waals surface area contributed by atoms with Gasteiger partial charge in [0, 0.05) is 46.8 Å². The van der Waals surface area contributed by atoms with Crippen molar-refractivity contribution in [2.45, 2.75) is 44.9 Å². The zero-order valence-electron chi connectivity index (χ0n) is 19.1. The molecule has 4 aromatic rings. The normalized spacial score (nSPS) is 10.9.